The molecule has 0 aromatic heterocycles. The maximum Gasteiger partial charge on any atom is 0.341 e. The molecule has 0 saturated heterocycles. The maximum absolute atomic E-state index is 11.0. The lowest BCUT2D eigenvalue weighted by atomic mass is 10.3. The van der Waals surface area contributed by atoms with Crippen LogP contribution in [0, 0.1) is 0 Å². The molecule has 0 aliphatic heterocycles. The van der Waals surface area contributed by atoms with E-state index in [2.05, 4.69) is 11.3 Å². The van der Waals surface area contributed by atoms with Gasteiger partial charge in [-0.2, -0.15) is 0 Å². The van der Waals surface area contributed by atoms with Crippen LogP contribution in [0.15, 0.2) is 24.2 Å². The van der Waals surface area contributed by atoms with Crippen LogP contribution in [0.3, 0.4) is 0 Å². The highest BCUT2D eigenvalue weighted by Gasteiger charge is 2.08. The first-order valence-electron chi connectivity index (χ1n) is 3.90. The van der Waals surface area contributed by atoms with Crippen molar-refractivity contribution in [2.24, 2.45) is 0 Å². The first-order valence-corrected chi connectivity index (χ1v) is 3.90. The Balaban J connectivity index is 4.21. The van der Waals surface area contributed by atoms with Gasteiger partial charge in [0.1, 0.15) is 0 Å². The third kappa shape index (κ3) is 4.97. The maximum atomic E-state index is 11.0. The lowest BCUT2D eigenvalue weighted by Crippen LogP contribution is -2.20. The van der Waals surface area contributed by atoms with E-state index in [1.165, 1.54) is 6.92 Å². The molecule has 0 heterocycles. The summed E-state index contributed by atoms with van der Waals surface area (Å²) in [6.45, 7) is 6.59. The quantitative estimate of drug-likeness (QED) is 0.346. The highest BCUT2D eigenvalue weighted by atomic mass is 16.7. The van der Waals surface area contributed by atoms with Crippen LogP contribution < -0.4 is 5.11 Å². The normalized spacial score (nSPS) is 10.6. The molecule has 0 saturated carbocycles. The van der Waals surface area contributed by atoms with Gasteiger partial charge in [0.2, 0.25) is 0 Å². The molecular weight excluding hydrogens is 188 g/mol. The Kier molecular flexibility index (Phi) is 5.06. The second-order valence-electron chi connectivity index (χ2n) is 2.34. The van der Waals surface area contributed by atoms with Crippen LogP contribution >= 0.6 is 0 Å². The lowest BCUT2D eigenvalue weighted by molar-refractivity contribution is -0.297. The lowest BCUT2D eigenvalue weighted by Gasteiger charge is -2.07. The number of hydrogen-bond acceptors (Lipinski definition) is 5. The average molecular weight is 199 g/mol. The highest BCUT2D eigenvalue weighted by molar-refractivity contribution is 5.94. The molecule has 0 radical (unpaired) electrons. The molecule has 78 valence electrons. The fourth-order valence-electron chi connectivity index (χ4n) is 0.610. The zero-order chi connectivity index (χ0) is 11.1. The molecule has 5 nitrogen and oxygen atoms in total. The van der Waals surface area contributed by atoms with Crippen molar-refractivity contribution in [2.45, 2.75) is 13.8 Å². The average Bonchev–Trinajstić information content (AvgIpc) is 2.02. The van der Waals surface area contributed by atoms with Crippen LogP contribution in [0.4, 0.5) is 0 Å². The van der Waals surface area contributed by atoms with Crippen LogP contribution in [-0.2, 0) is 19.1 Å². The number of carboxylic acids is 1. The molecule has 0 bridgehead atoms. The van der Waals surface area contributed by atoms with Gasteiger partial charge in [0.05, 0.1) is 12.6 Å². The van der Waals surface area contributed by atoms with Gasteiger partial charge in [0, 0.05) is 5.57 Å². The van der Waals surface area contributed by atoms with E-state index >= 15 is 0 Å². The number of rotatable bonds is 5. The highest BCUT2D eigenvalue weighted by Crippen LogP contribution is 2.02. The van der Waals surface area contributed by atoms with E-state index in [9.17, 15) is 14.7 Å². The number of ether oxygens (including phenoxy) is 2. The van der Waals surface area contributed by atoms with Crippen LogP contribution in [0.2, 0.25) is 0 Å². The van der Waals surface area contributed by atoms with Crippen LogP contribution in [0.5, 0.6) is 0 Å². The largest absolute Gasteiger partial charge is 0.545 e. The van der Waals surface area contributed by atoms with E-state index in [0.717, 1.165) is 0 Å². The van der Waals surface area contributed by atoms with Crippen molar-refractivity contribution in [1.82, 2.24) is 0 Å². The first-order chi connectivity index (χ1) is 6.47. The fraction of sp³-hybridized carbons (Fsp3) is 0.333. The summed E-state index contributed by atoms with van der Waals surface area (Å²) < 4.78 is 9.28. The molecule has 14 heavy (non-hydrogen) atoms. The van der Waals surface area contributed by atoms with E-state index in [1.54, 1.807) is 6.92 Å². The molecule has 0 aliphatic carbocycles. The predicted molar refractivity (Wildman–Crippen MR) is 45.6 cm³/mol. The second-order valence-corrected chi connectivity index (χ2v) is 2.34. The van der Waals surface area contributed by atoms with Crippen molar-refractivity contribution in [3.63, 3.8) is 0 Å². The zero-order valence-corrected chi connectivity index (χ0v) is 8.03. The standard InChI is InChI=1S/C9H12O5/c1-4-13-7(3)14-9(12)6(2)5-8(10)11/h5H,3-4H2,1-2H3,(H,10,11)/p-1. The van der Waals surface area contributed by atoms with E-state index in [1.807, 2.05) is 0 Å². The molecule has 0 aromatic carbocycles. The fourth-order valence-corrected chi connectivity index (χ4v) is 0.610. The molecule has 0 unspecified atom stereocenters. The molecule has 0 aliphatic rings. The topological polar surface area (TPSA) is 75.7 Å². The summed E-state index contributed by atoms with van der Waals surface area (Å²) in [6, 6.07) is 0. The number of carboxylic acid groups (broad SMARTS) is 1. The minimum absolute atomic E-state index is 0.0918. The molecular formula is C9H11O5-. The van der Waals surface area contributed by atoms with Crippen LogP contribution in [0.25, 0.3) is 0 Å². The van der Waals surface area contributed by atoms with Crippen LogP contribution in [0.1, 0.15) is 13.8 Å². The van der Waals surface area contributed by atoms with Gasteiger partial charge in [-0.1, -0.05) is 0 Å². The van der Waals surface area contributed by atoms with Gasteiger partial charge in [0.15, 0.2) is 0 Å². The zero-order valence-electron chi connectivity index (χ0n) is 8.03. The van der Waals surface area contributed by atoms with Gasteiger partial charge in [-0.3, -0.25) is 0 Å². The Bertz CT molecular complexity index is 277. The molecule has 0 rings (SSSR count). The van der Waals surface area contributed by atoms with Gasteiger partial charge in [-0.15, -0.1) is 0 Å². The number of aliphatic carboxylic acids is 1. The van der Waals surface area contributed by atoms with Crippen molar-refractivity contribution in [3.8, 4) is 0 Å². The number of carbonyl (C=O) groups is 2. The molecule has 0 fully saturated rings. The molecule has 0 N–H and O–H groups in total. The minimum Gasteiger partial charge on any atom is -0.545 e. The van der Waals surface area contributed by atoms with E-state index in [4.69, 9.17) is 4.74 Å². The third-order valence-corrected chi connectivity index (χ3v) is 1.17. The van der Waals surface area contributed by atoms with Crippen molar-refractivity contribution in [3.05, 3.63) is 24.2 Å². The number of esters is 1. The van der Waals surface area contributed by atoms with Gasteiger partial charge in [0.25, 0.3) is 5.95 Å². The van der Waals surface area contributed by atoms with Gasteiger partial charge in [-0.05, 0) is 26.5 Å². The summed E-state index contributed by atoms with van der Waals surface area (Å²) in [6.07, 6.45) is 0.640. The summed E-state index contributed by atoms with van der Waals surface area (Å²) in [5, 5.41) is 10.1. The van der Waals surface area contributed by atoms with E-state index < -0.39 is 11.9 Å². The monoisotopic (exact) mass is 199 g/mol. The Labute approximate surface area is 81.6 Å². The van der Waals surface area contributed by atoms with E-state index in [-0.39, 0.29) is 11.5 Å². The van der Waals surface area contributed by atoms with Crippen molar-refractivity contribution >= 4 is 11.9 Å². The summed E-state index contributed by atoms with van der Waals surface area (Å²) in [4.78, 5) is 21.1. The molecule has 0 amide bonds. The van der Waals surface area contributed by atoms with Gasteiger partial charge < -0.3 is 19.4 Å². The summed E-state index contributed by atoms with van der Waals surface area (Å²) >= 11 is 0. The third-order valence-electron chi connectivity index (χ3n) is 1.17. The predicted octanol–water partition coefficient (Wildman–Crippen LogP) is -0.267. The molecule has 0 spiro atoms. The molecule has 0 aromatic rings. The summed E-state index contributed by atoms with van der Waals surface area (Å²) in [5.74, 6) is -2.45. The minimum atomic E-state index is -1.46. The Hall–Kier alpha value is -1.78. The van der Waals surface area contributed by atoms with E-state index in [0.29, 0.717) is 12.7 Å². The first kappa shape index (κ1) is 12.2. The SMILES string of the molecule is C=C(OCC)OC(=O)C(C)=CC(=O)[O-]. The van der Waals surface area contributed by atoms with Crippen LogP contribution in [-0.4, -0.2) is 18.5 Å². The number of hydrogen-bond donors (Lipinski definition) is 0. The smallest absolute Gasteiger partial charge is 0.341 e. The van der Waals surface area contributed by atoms with Gasteiger partial charge in [-0.25, -0.2) is 4.79 Å². The van der Waals surface area contributed by atoms with Crippen molar-refractivity contribution in [2.75, 3.05) is 6.61 Å². The Morgan fingerprint density at radius 1 is 1.50 bits per heavy atom. The second kappa shape index (κ2) is 5.80. The van der Waals surface area contributed by atoms with Crippen molar-refractivity contribution in [1.29, 1.82) is 0 Å². The Morgan fingerprint density at radius 3 is 2.50 bits per heavy atom. The summed E-state index contributed by atoms with van der Waals surface area (Å²) in [5.41, 5.74) is -0.0918. The summed E-state index contributed by atoms with van der Waals surface area (Å²) in [7, 11) is 0. The molecule has 5 heteroatoms. The number of carbonyl (C=O) groups excluding carboxylic acids is 2. The van der Waals surface area contributed by atoms with Gasteiger partial charge >= 0.3 is 5.97 Å². The van der Waals surface area contributed by atoms with Crippen molar-refractivity contribution < 1.29 is 24.2 Å². The Morgan fingerprint density at radius 2 is 2.07 bits per heavy atom. The molecule has 0 atom stereocenters.